The minimum absolute atomic E-state index is 0.0972. The summed E-state index contributed by atoms with van der Waals surface area (Å²) in [5.41, 5.74) is -0.557. The minimum atomic E-state index is -4.40. The third-order valence-electron chi connectivity index (χ3n) is 2.94. The Kier molecular flexibility index (Phi) is 2.97. The summed E-state index contributed by atoms with van der Waals surface area (Å²) in [6, 6.07) is 9.36. The maximum absolute atomic E-state index is 12.5. The van der Waals surface area contributed by atoms with Crippen LogP contribution in [0.15, 0.2) is 53.5 Å². The van der Waals surface area contributed by atoms with Crippen molar-refractivity contribution in [1.82, 2.24) is 14.4 Å². The second-order valence-corrected chi connectivity index (χ2v) is 4.33. The molecular formula is C14H8F3N3O. The average Bonchev–Trinajstić information content (AvgIpc) is 2.46. The molecule has 7 heteroatoms. The SMILES string of the molecule is O=c1nc(-c2ccc(C(F)(F)F)cc2)nc2ccccn12. The topological polar surface area (TPSA) is 47.3 Å². The molecule has 2 aromatic heterocycles. The number of hydrogen-bond donors (Lipinski definition) is 0. The molecule has 0 N–H and O–H groups in total. The van der Waals surface area contributed by atoms with Crippen LogP contribution >= 0.6 is 0 Å². The van der Waals surface area contributed by atoms with Crippen LogP contribution in [-0.2, 0) is 6.18 Å². The van der Waals surface area contributed by atoms with Crippen molar-refractivity contribution in [3.63, 3.8) is 0 Å². The molecule has 0 aliphatic heterocycles. The Morgan fingerprint density at radius 3 is 2.33 bits per heavy atom. The van der Waals surface area contributed by atoms with Crippen molar-refractivity contribution < 1.29 is 13.2 Å². The molecule has 2 heterocycles. The maximum atomic E-state index is 12.5. The molecule has 4 nitrogen and oxygen atoms in total. The van der Waals surface area contributed by atoms with Crippen molar-refractivity contribution in [2.24, 2.45) is 0 Å². The first-order valence-electron chi connectivity index (χ1n) is 5.98. The van der Waals surface area contributed by atoms with Crippen LogP contribution in [0.4, 0.5) is 13.2 Å². The second kappa shape index (κ2) is 4.69. The predicted molar refractivity (Wildman–Crippen MR) is 69.7 cm³/mol. The molecule has 0 saturated heterocycles. The molecule has 0 unspecified atom stereocenters. The van der Waals surface area contributed by atoms with Crippen LogP contribution in [0.2, 0.25) is 0 Å². The first kappa shape index (κ1) is 13.3. The summed E-state index contributed by atoms with van der Waals surface area (Å²) in [6.07, 6.45) is -2.88. The molecule has 0 aliphatic rings. The van der Waals surface area contributed by atoms with Gasteiger partial charge in [0.1, 0.15) is 5.65 Å². The molecule has 1 aromatic carbocycles. The first-order valence-corrected chi connectivity index (χ1v) is 5.98. The number of fused-ring (bicyclic) bond motifs is 1. The lowest BCUT2D eigenvalue weighted by atomic mass is 10.1. The van der Waals surface area contributed by atoms with Gasteiger partial charge in [0.2, 0.25) is 0 Å². The van der Waals surface area contributed by atoms with Gasteiger partial charge in [0.05, 0.1) is 5.56 Å². The summed E-state index contributed by atoms with van der Waals surface area (Å²) in [4.78, 5) is 19.8. The second-order valence-electron chi connectivity index (χ2n) is 4.33. The van der Waals surface area contributed by atoms with Gasteiger partial charge in [-0.05, 0) is 24.3 Å². The Labute approximate surface area is 116 Å². The van der Waals surface area contributed by atoms with E-state index in [-0.39, 0.29) is 5.82 Å². The van der Waals surface area contributed by atoms with E-state index >= 15 is 0 Å². The number of halogens is 3. The smallest absolute Gasteiger partial charge is 0.251 e. The molecule has 0 atom stereocenters. The Bertz CT molecular complexity index is 854. The van der Waals surface area contributed by atoms with E-state index in [0.29, 0.717) is 11.2 Å². The lowest BCUT2D eigenvalue weighted by molar-refractivity contribution is -0.137. The first-order chi connectivity index (χ1) is 9.95. The average molecular weight is 291 g/mol. The lowest BCUT2D eigenvalue weighted by Crippen LogP contribution is -2.18. The number of rotatable bonds is 1. The minimum Gasteiger partial charge on any atom is -0.251 e. The maximum Gasteiger partial charge on any atom is 0.416 e. The van der Waals surface area contributed by atoms with Crippen LogP contribution in [-0.4, -0.2) is 14.4 Å². The number of pyridine rings is 1. The zero-order valence-corrected chi connectivity index (χ0v) is 10.5. The van der Waals surface area contributed by atoms with Gasteiger partial charge < -0.3 is 0 Å². The van der Waals surface area contributed by atoms with Crippen LogP contribution in [0.25, 0.3) is 17.0 Å². The van der Waals surface area contributed by atoms with Gasteiger partial charge in [0, 0.05) is 11.8 Å². The highest BCUT2D eigenvalue weighted by molar-refractivity contribution is 5.57. The molecule has 3 aromatic rings. The zero-order chi connectivity index (χ0) is 15.0. The van der Waals surface area contributed by atoms with Gasteiger partial charge in [-0.3, -0.25) is 4.40 Å². The zero-order valence-electron chi connectivity index (χ0n) is 10.5. The van der Waals surface area contributed by atoms with Gasteiger partial charge in [0.25, 0.3) is 0 Å². The van der Waals surface area contributed by atoms with Crippen molar-refractivity contribution in [2.75, 3.05) is 0 Å². The van der Waals surface area contributed by atoms with E-state index in [9.17, 15) is 18.0 Å². The number of hydrogen-bond acceptors (Lipinski definition) is 3. The monoisotopic (exact) mass is 291 g/mol. The lowest BCUT2D eigenvalue weighted by Gasteiger charge is -2.07. The summed E-state index contributed by atoms with van der Waals surface area (Å²) < 4.78 is 38.8. The Morgan fingerprint density at radius 2 is 1.67 bits per heavy atom. The standard InChI is InChI=1S/C14H8F3N3O/c15-14(16,17)10-6-4-9(5-7-10)12-18-11-3-1-2-8-20(11)13(21)19-12/h1-8H. The van der Waals surface area contributed by atoms with Gasteiger partial charge >= 0.3 is 11.9 Å². The van der Waals surface area contributed by atoms with Gasteiger partial charge in [-0.2, -0.15) is 18.2 Å². The molecule has 0 saturated carbocycles. The van der Waals surface area contributed by atoms with E-state index in [4.69, 9.17) is 0 Å². The third-order valence-corrected chi connectivity index (χ3v) is 2.94. The van der Waals surface area contributed by atoms with E-state index in [1.54, 1.807) is 18.2 Å². The van der Waals surface area contributed by atoms with Crippen molar-refractivity contribution in [2.45, 2.75) is 6.18 Å². The van der Waals surface area contributed by atoms with E-state index in [1.165, 1.54) is 22.7 Å². The van der Waals surface area contributed by atoms with E-state index in [0.717, 1.165) is 12.1 Å². The quantitative estimate of drug-likeness (QED) is 0.692. The molecule has 0 radical (unpaired) electrons. The highest BCUT2D eigenvalue weighted by atomic mass is 19.4. The van der Waals surface area contributed by atoms with E-state index < -0.39 is 17.4 Å². The molecule has 0 aliphatic carbocycles. The Morgan fingerprint density at radius 1 is 0.952 bits per heavy atom. The number of alkyl halides is 3. The van der Waals surface area contributed by atoms with Crippen LogP contribution in [0, 0.1) is 0 Å². The van der Waals surface area contributed by atoms with Gasteiger partial charge in [0.15, 0.2) is 5.82 Å². The van der Waals surface area contributed by atoms with Crippen LogP contribution in [0.3, 0.4) is 0 Å². The fourth-order valence-corrected chi connectivity index (χ4v) is 1.90. The van der Waals surface area contributed by atoms with Crippen molar-refractivity contribution in [1.29, 1.82) is 0 Å². The molecule has 0 bridgehead atoms. The van der Waals surface area contributed by atoms with Crippen LogP contribution in [0.1, 0.15) is 5.56 Å². The normalized spacial score (nSPS) is 11.8. The van der Waals surface area contributed by atoms with Gasteiger partial charge in [-0.1, -0.05) is 18.2 Å². The number of nitrogens with zero attached hydrogens (tertiary/aromatic N) is 3. The Balaban J connectivity index is 2.10. The fourth-order valence-electron chi connectivity index (χ4n) is 1.90. The summed E-state index contributed by atoms with van der Waals surface area (Å²) >= 11 is 0. The molecule has 0 fully saturated rings. The van der Waals surface area contributed by atoms with Gasteiger partial charge in [-0.25, -0.2) is 9.78 Å². The van der Waals surface area contributed by atoms with Crippen molar-refractivity contribution in [3.8, 4) is 11.4 Å². The molecule has 0 spiro atoms. The van der Waals surface area contributed by atoms with Crippen LogP contribution in [0.5, 0.6) is 0 Å². The van der Waals surface area contributed by atoms with E-state index in [2.05, 4.69) is 9.97 Å². The Hall–Kier alpha value is -2.70. The largest absolute Gasteiger partial charge is 0.416 e. The third kappa shape index (κ3) is 2.49. The van der Waals surface area contributed by atoms with Crippen molar-refractivity contribution >= 4 is 5.65 Å². The molecular weight excluding hydrogens is 283 g/mol. The number of benzene rings is 1. The summed E-state index contributed by atoms with van der Waals surface area (Å²) in [5, 5.41) is 0. The number of aromatic nitrogens is 3. The molecule has 3 rings (SSSR count). The highest BCUT2D eigenvalue weighted by Gasteiger charge is 2.30. The van der Waals surface area contributed by atoms with Crippen molar-refractivity contribution in [3.05, 3.63) is 64.7 Å². The van der Waals surface area contributed by atoms with Gasteiger partial charge in [-0.15, -0.1) is 0 Å². The van der Waals surface area contributed by atoms with Crippen LogP contribution < -0.4 is 5.69 Å². The highest BCUT2D eigenvalue weighted by Crippen LogP contribution is 2.30. The molecule has 21 heavy (non-hydrogen) atoms. The predicted octanol–water partition coefficient (Wildman–Crippen LogP) is 2.78. The summed E-state index contributed by atoms with van der Waals surface area (Å²) in [5.74, 6) is 0.0972. The molecule has 0 amide bonds. The molecule has 106 valence electrons. The summed E-state index contributed by atoms with van der Waals surface area (Å²) in [6.45, 7) is 0. The fraction of sp³-hybridized carbons (Fsp3) is 0.0714. The van der Waals surface area contributed by atoms with E-state index in [1.807, 2.05) is 0 Å². The summed E-state index contributed by atoms with van der Waals surface area (Å²) in [7, 11) is 0.